The summed E-state index contributed by atoms with van der Waals surface area (Å²) in [5.41, 5.74) is 0.342. The lowest BCUT2D eigenvalue weighted by Gasteiger charge is -2.42. The highest BCUT2D eigenvalue weighted by Gasteiger charge is 2.25. The monoisotopic (exact) mass is 281 g/mol. The van der Waals surface area contributed by atoms with Gasteiger partial charge in [0, 0.05) is 37.8 Å². The Labute approximate surface area is 126 Å². The minimum Gasteiger partial charge on any atom is -0.314 e. The molecule has 0 radical (unpaired) electrons. The first kappa shape index (κ1) is 16.3. The van der Waals surface area contributed by atoms with Crippen molar-refractivity contribution in [2.24, 2.45) is 0 Å². The van der Waals surface area contributed by atoms with E-state index in [4.69, 9.17) is 0 Å². The Hall–Kier alpha value is -0.120. The van der Waals surface area contributed by atoms with Crippen LogP contribution >= 0.6 is 0 Å². The van der Waals surface area contributed by atoms with E-state index in [9.17, 15) is 0 Å². The van der Waals surface area contributed by atoms with E-state index in [1.54, 1.807) is 0 Å². The quantitative estimate of drug-likeness (QED) is 0.782. The van der Waals surface area contributed by atoms with Crippen LogP contribution in [0, 0.1) is 0 Å². The molecule has 20 heavy (non-hydrogen) atoms. The fourth-order valence-corrected chi connectivity index (χ4v) is 3.56. The smallest absolute Gasteiger partial charge is 0.0126 e. The molecule has 3 heteroatoms. The Morgan fingerprint density at radius 1 is 0.950 bits per heavy atom. The molecule has 1 aliphatic heterocycles. The van der Waals surface area contributed by atoms with Crippen molar-refractivity contribution in [1.29, 1.82) is 0 Å². The van der Waals surface area contributed by atoms with Gasteiger partial charge in [0.2, 0.25) is 0 Å². The van der Waals surface area contributed by atoms with Gasteiger partial charge in [-0.25, -0.2) is 0 Å². The first-order valence-corrected chi connectivity index (χ1v) is 8.76. The minimum atomic E-state index is 0.342. The molecule has 118 valence electrons. The van der Waals surface area contributed by atoms with Gasteiger partial charge in [0.1, 0.15) is 0 Å². The highest BCUT2D eigenvalue weighted by molar-refractivity contribution is 4.82. The van der Waals surface area contributed by atoms with Gasteiger partial charge in [-0.15, -0.1) is 0 Å². The molecule has 0 unspecified atom stereocenters. The predicted molar refractivity (Wildman–Crippen MR) is 87.3 cm³/mol. The van der Waals surface area contributed by atoms with Gasteiger partial charge >= 0.3 is 0 Å². The van der Waals surface area contributed by atoms with Gasteiger partial charge in [0.25, 0.3) is 0 Å². The minimum absolute atomic E-state index is 0.342. The van der Waals surface area contributed by atoms with E-state index in [0.29, 0.717) is 5.54 Å². The van der Waals surface area contributed by atoms with Crippen LogP contribution in [0.15, 0.2) is 0 Å². The van der Waals surface area contributed by atoms with Crippen molar-refractivity contribution in [3.63, 3.8) is 0 Å². The predicted octanol–water partition coefficient (Wildman–Crippen LogP) is 2.71. The molecule has 0 aromatic carbocycles. The van der Waals surface area contributed by atoms with Crippen molar-refractivity contribution in [2.45, 2.75) is 70.9 Å². The maximum Gasteiger partial charge on any atom is 0.0126 e. The Kier molecular flexibility index (Phi) is 6.31. The van der Waals surface area contributed by atoms with E-state index in [0.717, 1.165) is 6.04 Å². The summed E-state index contributed by atoms with van der Waals surface area (Å²) in [5.74, 6) is 0. The molecular weight excluding hydrogens is 246 g/mol. The van der Waals surface area contributed by atoms with Gasteiger partial charge in [-0.3, -0.25) is 4.90 Å². The van der Waals surface area contributed by atoms with Crippen molar-refractivity contribution in [1.82, 2.24) is 15.1 Å². The second kappa shape index (κ2) is 7.77. The van der Waals surface area contributed by atoms with E-state index in [1.807, 2.05) is 0 Å². The third-order valence-electron chi connectivity index (χ3n) is 5.01. The number of rotatable bonds is 5. The van der Waals surface area contributed by atoms with E-state index in [1.165, 1.54) is 77.8 Å². The Morgan fingerprint density at radius 3 is 2.20 bits per heavy atom. The largest absolute Gasteiger partial charge is 0.314 e. The molecule has 0 atom stereocenters. The van der Waals surface area contributed by atoms with Crippen LogP contribution in [-0.4, -0.2) is 60.6 Å². The Bertz CT molecular complexity index is 258. The zero-order valence-electron chi connectivity index (χ0n) is 14.0. The highest BCUT2D eigenvalue weighted by Crippen LogP contribution is 2.17. The lowest BCUT2D eigenvalue weighted by molar-refractivity contribution is 0.0618. The van der Waals surface area contributed by atoms with Gasteiger partial charge in [-0.1, -0.05) is 19.3 Å². The number of hydrogen-bond donors (Lipinski definition) is 1. The zero-order chi connectivity index (χ0) is 14.4. The number of piperazine rings is 1. The van der Waals surface area contributed by atoms with E-state index in [2.05, 4.69) is 35.9 Å². The summed E-state index contributed by atoms with van der Waals surface area (Å²) in [6.45, 7) is 14.5. The second-order valence-corrected chi connectivity index (χ2v) is 7.64. The molecule has 0 amide bonds. The van der Waals surface area contributed by atoms with Gasteiger partial charge < -0.3 is 10.2 Å². The summed E-state index contributed by atoms with van der Waals surface area (Å²) in [6, 6.07) is 0.821. The third-order valence-corrected chi connectivity index (χ3v) is 5.01. The van der Waals surface area contributed by atoms with Crippen molar-refractivity contribution in [3.05, 3.63) is 0 Å². The number of hydrogen-bond acceptors (Lipinski definition) is 3. The van der Waals surface area contributed by atoms with Crippen molar-refractivity contribution in [2.75, 3.05) is 39.3 Å². The summed E-state index contributed by atoms with van der Waals surface area (Å²) >= 11 is 0. The lowest BCUT2D eigenvalue weighted by Crippen LogP contribution is -2.53. The van der Waals surface area contributed by atoms with Gasteiger partial charge in [0.05, 0.1) is 0 Å². The first-order chi connectivity index (χ1) is 9.55. The molecule has 2 fully saturated rings. The summed E-state index contributed by atoms with van der Waals surface area (Å²) in [5, 5.41) is 3.76. The van der Waals surface area contributed by atoms with Crippen LogP contribution in [-0.2, 0) is 0 Å². The fourth-order valence-electron chi connectivity index (χ4n) is 3.56. The maximum absolute atomic E-state index is 3.76. The van der Waals surface area contributed by atoms with Crippen LogP contribution in [0.4, 0.5) is 0 Å². The average molecular weight is 281 g/mol. The molecule has 1 saturated carbocycles. The molecule has 2 aliphatic rings. The van der Waals surface area contributed by atoms with Crippen LogP contribution in [0.5, 0.6) is 0 Å². The second-order valence-electron chi connectivity index (χ2n) is 7.64. The van der Waals surface area contributed by atoms with Crippen molar-refractivity contribution >= 4 is 0 Å². The van der Waals surface area contributed by atoms with Crippen LogP contribution in [0.1, 0.15) is 59.3 Å². The molecule has 2 rings (SSSR count). The molecular formula is C17H35N3. The number of nitrogens with one attached hydrogen (secondary N) is 1. The molecule has 0 spiro atoms. The summed E-state index contributed by atoms with van der Waals surface area (Å²) < 4.78 is 0. The Morgan fingerprint density at radius 2 is 1.60 bits per heavy atom. The highest BCUT2D eigenvalue weighted by atomic mass is 15.3. The summed E-state index contributed by atoms with van der Waals surface area (Å²) in [7, 11) is 0. The van der Waals surface area contributed by atoms with E-state index in [-0.39, 0.29) is 0 Å². The maximum atomic E-state index is 3.76. The van der Waals surface area contributed by atoms with Crippen LogP contribution < -0.4 is 5.32 Å². The standard InChI is InChI=1S/C17H35N3/c1-17(2,3)20-14-12-19(13-15-20)11-7-10-18-16-8-5-4-6-9-16/h16,18H,4-15H2,1-3H3. The summed E-state index contributed by atoms with van der Waals surface area (Å²) in [6.07, 6.45) is 8.45. The normalized spacial score (nSPS) is 24.1. The number of nitrogens with zero attached hydrogens (tertiary/aromatic N) is 2. The van der Waals surface area contributed by atoms with Crippen molar-refractivity contribution in [3.8, 4) is 0 Å². The Balaban J connectivity index is 1.53. The molecule has 0 bridgehead atoms. The third kappa shape index (κ3) is 5.34. The lowest BCUT2D eigenvalue weighted by atomic mass is 9.95. The van der Waals surface area contributed by atoms with Crippen molar-refractivity contribution < 1.29 is 0 Å². The van der Waals surface area contributed by atoms with Crippen LogP contribution in [0.25, 0.3) is 0 Å². The van der Waals surface area contributed by atoms with Gasteiger partial charge in [-0.2, -0.15) is 0 Å². The van der Waals surface area contributed by atoms with Gasteiger partial charge in [0.15, 0.2) is 0 Å². The molecule has 1 heterocycles. The fraction of sp³-hybridized carbons (Fsp3) is 1.00. The molecule has 1 N–H and O–H groups in total. The molecule has 1 saturated heterocycles. The molecule has 0 aromatic rings. The van der Waals surface area contributed by atoms with E-state index >= 15 is 0 Å². The molecule has 3 nitrogen and oxygen atoms in total. The molecule has 0 aromatic heterocycles. The van der Waals surface area contributed by atoms with Gasteiger partial charge in [-0.05, 0) is 53.1 Å². The topological polar surface area (TPSA) is 18.5 Å². The molecule has 1 aliphatic carbocycles. The SMILES string of the molecule is CC(C)(C)N1CCN(CCCNC2CCCCC2)CC1. The van der Waals surface area contributed by atoms with Crippen LogP contribution in [0.2, 0.25) is 0 Å². The van der Waals surface area contributed by atoms with E-state index < -0.39 is 0 Å². The zero-order valence-corrected chi connectivity index (χ0v) is 14.0. The summed E-state index contributed by atoms with van der Waals surface area (Å²) in [4.78, 5) is 5.26. The van der Waals surface area contributed by atoms with Crippen LogP contribution in [0.3, 0.4) is 0 Å². The average Bonchev–Trinajstić information content (AvgIpc) is 2.44. The first-order valence-electron chi connectivity index (χ1n) is 8.76.